The summed E-state index contributed by atoms with van der Waals surface area (Å²) >= 11 is 0. The lowest BCUT2D eigenvalue weighted by molar-refractivity contribution is -0.127. The Hall–Kier alpha value is -2.62. The molecule has 3 aromatic rings. The molecule has 1 aliphatic heterocycles. The van der Waals surface area contributed by atoms with Crippen molar-refractivity contribution in [3.8, 4) is 0 Å². The number of rotatable bonds is 10. The second-order valence-electron chi connectivity index (χ2n) is 8.50. The minimum atomic E-state index is 0.191. The highest BCUT2D eigenvalue weighted by molar-refractivity contribution is 5.81. The minimum absolute atomic E-state index is 0.191. The molecule has 1 unspecified atom stereocenters. The Morgan fingerprint density at radius 3 is 2.53 bits per heavy atom. The van der Waals surface area contributed by atoms with Crippen molar-refractivity contribution < 1.29 is 4.79 Å². The van der Waals surface area contributed by atoms with Gasteiger partial charge in [0.25, 0.3) is 0 Å². The average molecular weight is 404 g/mol. The summed E-state index contributed by atoms with van der Waals surface area (Å²) in [7, 11) is 0. The van der Waals surface area contributed by atoms with Crippen LogP contribution < -0.4 is 0 Å². The van der Waals surface area contributed by atoms with E-state index in [0.29, 0.717) is 6.42 Å². The molecule has 2 aromatic carbocycles. The molecule has 0 N–H and O–H groups in total. The number of para-hydroxylation sites is 2. The van der Waals surface area contributed by atoms with Gasteiger partial charge in [-0.25, -0.2) is 4.98 Å². The largest absolute Gasteiger partial charge is 0.342 e. The smallest absolute Gasteiger partial charge is 0.223 e. The number of fused-ring (bicyclic) bond motifs is 1. The highest BCUT2D eigenvalue weighted by Gasteiger charge is 2.33. The fraction of sp³-hybridized carbons (Fsp3) is 0.462. The van der Waals surface area contributed by atoms with Crippen LogP contribution in [0.25, 0.3) is 11.0 Å². The molecule has 0 radical (unpaired) electrons. The van der Waals surface area contributed by atoms with E-state index in [1.807, 2.05) is 11.0 Å². The van der Waals surface area contributed by atoms with Crippen molar-refractivity contribution in [2.45, 2.75) is 64.3 Å². The zero-order valence-corrected chi connectivity index (χ0v) is 18.1. The predicted octanol–water partition coefficient (Wildman–Crippen LogP) is 5.57. The Kier molecular flexibility index (Phi) is 6.83. The quantitative estimate of drug-likeness (QED) is 0.415. The molecule has 0 aliphatic carbocycles. The zero-order valence-electron chi connectivity index (χ0n) is 18.1. The predicted molar refractivity (Wildman–Crippen MR) is 123 cm³/mol. The first-order valence-corrected chi connectivity index (χ1v) is 11.5. The Morgan fingerprint density at radius 1 is 0.933 bits per heavy atom. The van der Waals surface area contributed by atoms with E-state index >= 15 is 0 Å². The van der Waals surface area contributed by atoms with Crippen molar-refractivity contribution in [1.82, 2.24) is 14.5 Å². The van der Waals surface area contributed by atoms with Gasteiger partial charge in [0.2, 0.25) is 5.91 Å². The number of carbonyl (C=O) groups is 1. The molecule has 2 heterocycles. The van der Waals surface area contributed by atoms with Crippen molar-refractivity contribution in [1.29, 1.82) is 0 Å². The van der Waals surface area contributed by atoms with Gasteiger partial charge in [0.15, 0.2) is 0 Å². The monoisotopic (exact) mass is 403 g/mol. The van der Waals surface area contributed by atoms with Crippen LogP contribution in [0.2, 0.25) is 0 Å². The van der Waals surface area contributed by atoms with Crippen molar-refractivity contribution in [2.75, 3.05) is 13.1 Å². The van der Waals surface area contributed by atoms with Gasteiger partial charge in [-0.2, -0.15) is 0 Å². The fourth-order valence-corrected chi connectivity index (χ4v) is 4.58. The molecule has 0 spiro atoms. The molecule has 1 saturated heterocycles. The SMILES string of the molecule is CCCCCCCn1c(C2CC(=O)N(CCc3ccccc3)C2)nc2ccccc21. The number of benzene rings is 2. The van der Waals surface area contributed by atoms with E-state index in [2.05, 4.69) is 60.0 Å². The van der Waals surface area contributed by atoms with Gasteiger partial charge < -0.3 is 9.47 Å². The first-order valence-electron chi connectivity index (χ1n) is 11.5. The Morgan fingerprint density at radius 2 is 1.70 bits per heavy atom. The lowest BCUT2D eigenvalue weighted by atomic mass is 10.1. The third kappa shape index (κ3) is 4.75. The van der Waals surface area contributed by atoms with Crippen LogP contribution in [0.3, 0.4) is 0 Å². The standard InChI is InChI=1S/C26H33N3O/c1-2-3-4-5-11-17-29-24-15-10-9-14-23(24)27-26(29)22-19-25(30)28(20-22)18-16-21-12-7-6-8-13-21/h6-10,12-15,22H,2-5,11,16-20H2,1H3. The van der Waals surface area contributed by atoms with Gasteiger partial charge in [0.05, 0.1) is 11.0 Å². The molecule has 30 heavy (non-hydrogen) atoms. The number of hydrogen-bond donors (Lipinski definition) is 0. The van der Waals surface area contributed by atoms with Crippen LogP contribution in [0.5, 0.6) is 0 Å². The highest BCUT2D eigenvalue weighted by Crippen LogP contribution is 2.31. The zero-order chi connectivity index (χ0) is 20.8. The summed E-state index contributed by atoms with van der Waals surface area (Å²) in [4.78, 5) is 19.7. The van der Waals surface area contributed by atoms with Crippen LogP contribution in [0.1, 0.15) is 62.8 Å². The van der Waals surface area contributed by atoms with Gasteiger partial charge in [-0.1, -0.05) is 75.1 Å². The topological polar surface area (TPSA) is 38.1 Å². The van der Waals surface area contributed by atoms with E-state index < -0.39 is 0 Å². The number of imidazole rings is 1. The van der Waals surface area contributed by atoms with Crippen LogP contribution in [-0.4, -0.2) is 33.4 Å². The summed E-state index contributed by atoms with van der Waals surface area (Å²) in [6.45, 7) is 4.82. The molecule has 4 heteroatoms. The maximum atomic E-state index is 12.7. The molecule has 1 atom stereocenters. The third-order valence-corrected chi connectivity index (χ3v) is 6.26. The van der Waals surface area contributed by atoms with Crippen LogP contribution >= 0.6 is 0 Å². The number of carbonyl (C=O) groups excluding carboxylic acids is 1. The molecule has 0 bridgehead atoms. The van der Waals surface area contributed by atoms with E-state index in [-0.39, 0.29) is 11.8 Å². The number of nitrogens with zero attached hydrogens (tertiary/aromatic N) is 3. The average Bonchev–Trinajstić information content (AvgIpc) is 3.33. The number of hydrogen-bond acceptors (Lipinski definition) is 2. The van der Waals surface area contributed by atoms with E-state index in [1.165, 1.54) is 43.2 Å². The number of likely N-dealkylation sites (tertiary alicyclic amines) is 1. The maximum Gasteiger partial charge on any atom is 0.223 e. The molecule has 0 saturated carbocycles. The lowest BCUT2D eigenvalue weighted by Crippen LogP contribution is -2.27. The van der Waals surface area contributed by atoms with E-state index in [0.717, 1.165) is 37.4 Å². The van der Waals surface area contributed by atoms with E-state index in [9.17, 15) is 4.79 Å². The molecular weight excluding hydrogens is 370 g/mol. The van der Waals surface area contributed by atoms with E-state index in [4.69, 9.17) is 4.98 Å². The number of unbranched alkanes of at least 4 members (excludes halogenated alkanes) is 4. The van der Waals surface area contributed by atoms with Crippen LogP contribution in [0.4, 0.5) is 0 Å². The fourth-order valence-electron chi connectivity index (χ4n) is 4.58. The van der Waals surface area contributed by atoms with Crippen molar-refractivity contribution >= 4 is 16.9 Å². The molecule has 1 amide bonds. The van der Waals surface area contributed by atoms with Gasteiger partial charge in [-0.15, -0.1) is 0 Å². The number of amides is 1. The summed E-state index contributed by atoms with van der Waals surface area (Å²) in [6.07, 6.45) is 7.79. The highest BCUT2D eigenvalue weighted by atomic mass is 16.2. The van der Waals surface area contributed by atoms with Gasteiger partial charge in [-0.05, 0) is 30.5 Å². The third-order valence-electron chi connectivity index (χ3n) is 6.26. The minimum Gasteiger partial charge on any atom is -0.342 e. The molecule has 158 valence electrons. The summed E-state index contributed by atoms with van der Waals surface area (Å²) < 4.78 is 2.39. The summed E-state index contributed by atoms with van der Waals surface area (Å²) in [5.74, 6) is 1.55. The van der Waals surface area contributed by atoms with Crippen molar-refractivity contribution in [3.63, 3.8) is 0 Å². The number of aromatic nitrogens is 2. The Labute approximate surface area is 179 Å². The molecular formula is C26H33N3O. The Bertz CT molecular complexity index is 963. The molecule has 4 rings (SSSR count). The van der Waals surface area contributed by atoms with Gasteiger partial charge in [-0.3, -0.25) is 4.79 Å². The lowest BCUT2D eigenvalue weighted by Gasteiger charge is -2.17. The van der Waals surface area contributed by atoms with Crippen molar-refractivity contribution in [3.05, 3.63) is 66.0 Å². The van der Waals surface area contributed by atoms with Crippen LogP contribution in [0, 0.1) is 0 Å². The molecule has 1 fully saturated rings. The van der Waals surface area contributed by atoms with Gasteiger partial charge >= 0.3 is 0 Å². The van der Waals surface area contributed by atoms with Crippen LogP contribution in [-0.2, 0) is 17.8 Å². The maximum absolute atomic E-state index is 12.7. The first-order chi connectivity index (χ1) is 14.8. The molecule has 4 nitrogen and oxygen atoms in total. The molecule has 1 aromatic heterocycles. The summed E-state index contributed by atoms with van der Waals surface area (Å²) in [5.41, 5.74) is 3.54. The van der Waals surface area contributed by atoms with Gasteiger partial charge in [0, 0.05) is 32.0 Å². The number of aryl methyl sites for hydroxylation is 1. The Balaban J connectivity index is 1.46. The van der Waals surface area contributed by atoms with Crippen LogP contribution in [0.15, 0.2) is 54.6 Å². The van der Waals surface area contributed by atoms with Crippen molar-refractivity contribution in [2.24, 2.45) is 0 Å². The second kappa shape index (κ2) is 9.92. The summed E-state index contributed by atoms with van der Waals surface area (Å²) in [6, 6.07) is 18.8. The van der Waals surface area contributed by atoms with E-state index in [1.54, 1.807) is 0 Å². The normalized spacial score (nSPS) is 16.6. The first kappa shape index (κ1) is 20.6. The summed E-state index contributed by atoms with van der Waals surface area (Å²) in [5, 5.41) is 0. The second-order valence-corrected chi connectivity index (χ2v) is 8.50. The van der Waals surface area contributed by atoms with Gasteiger partial charge in [0.1, 0.15) is 5.82 Å². The molecule has 1 aliphatic rings.